The number of aliphatic hydroxyl groups is 1. The first-order chi connectivity index (χ1) is 11.5. The van der Waals surface area contributed by atoms with Crippen molar-refractivity contribution in [3.8, 4) is 0 Å². The van der Waals surface area contributed by atoms with Crippen LogP contribution in [0, 0.1) is 10.1 Å². The minimum absolute atomic E-state index is 0.00509. The first kappa shape index (κ1) is 17.6. The van der Waals surface area contributed by atoms with Crippen LogP contribution in [0.1, 0.15) is 38.5 Å². The normalized spacial score (nSPS) is 26.2. The van der Waals surface area contributed by atoms with Crippen molar-refractivity contribution in [3.63, 3.8) is 0 Å². The van der Waals surface area contributed by atoms with Crippen molar-refractivity contribution in [3.05, 3.63) is 26.9 Å². The zero-order valence-corrected chi connectivity index (χ0v) is 15.1. The third kappa shape index (κ3) is 4.04. The Kier molecular flexibility index (Phi) is 5.68. The van der Waals surface area contributed by atoms with Crippen LogP contribution >= 0.6 is 15.9 Å². The van der Waals surface area contributed by atoms with Crippen LogP contribution in [0.25, 0.3) is 0 Å². The van der Waals surface area contributed by atoms with Crippen LogP contribution in [0.5, 0.6) is 0 Å². The van der Waals surface area contributed by atoms with Crippen molar-refractivity contribution in [1.29, 1.82) is 0 Å². The highest BCUT2D eigenvalue weighted by atomic mass is 79.9. The number of likely N-dealkylation sites (tertiary alicyclic amines) is 1. The van der Waals surface area contributed by atoms with Crippen LogP contribution in [-0.2, 0) is 0 Å². The average molecular weight is 399 g/mol. The van der Waals surface area contributed by atoms with E-state index in [1.165, 1.54) is 12.5 Å². The molecule has 1 aromatic heterocycles. The molecule has 0 radical (unpaired) electrons. The Hall–Kier alpha value is -1.25. The fourth-order valence-corrected chi connectivity index (χ4v) is 4.08. The van der Waals surface area contributed by atoms with Crippen molar-refractivity contribution in [2.24, 2.45) is 0 Å². The van der Waals surface area contributed by atoms with E-state index >= 15 is 0 Å². The number of pyridine rings is 1. The lowest BCUT2D eigenvalue weighted by Crippen LogP contribution is -2.50. The first-order valence-electron chi connectivity index (χ1n) is 8.53. The maximum atomic E-state index is 11.2. The van der Waals surface area contributed by atoms with Gasteiger partial charge in [-0.2, -0.15) is 0 Å². The number of piperidine rings is 1. The largest absolute Gasteiger partial charge is 0.391 e. The number of aromatic nitrogens is 1. The topological polar surface area (TPSA) is 91.5 Å². The summed E-state index contributed by atoms with van der Waals surface area (Å²) in [7, 11) is 0. The van der Waals surface area contributed by atoms with Crippen molar-refractivity contribution < 1.29 is 10.0 Å². The van der Waals surface area contributed by atoms with Gasteiger partial charge in [-0.15, -0.1) is 0 Å². The number of aliphatic hydroxyl groups excluding tert-OH is 1. The van der Waals surface area contributed by atoms with Gasteiger partial charge in [0.05, 0.1) is 11.0 Å². The van der Waals surface area contributed by atoms with E-state index in [4.69, 9.17) is 0 Å². The Balaban J connectivity index is 1.59. The molecule has 3 rings (SSSR count). The van der Waals surface area contributed by atoms with Crippen molar-refractivity contribution in [2.75, 3.05) is 18.4 Å². The monoisotopic (exact) mass is 398 g/mol. The van der Waals surface area contributed by atoms with E-state index in [1.54, 1.807) is 6.20 Å². The number of nitrogens with zero attached hydrogens (tertiary/aromatic N) is 3. The number of rotatable bonds is 4. The van der Waals surface area contributed by atoms with Crippen LogP contribution in [0.3, 0.4) is 0 Å². The lowest BCUT2D eigenvalue weighted by Gasteiger charge is -2.41. The fraction of sp³-hybridized carbons (Fsp3) is 0.688. The average Bonchev–Trinajstić information content (AvgIpc) is 2.57. The molecule has 2 fully saturated rings. The molecular formula is C16H23BrN4O3. The molecule has 24 heavy (non-hydrogen) atoms. The van der Waals surface area contributed by atoms with Gasteiger partial charge in [0, 0.05) is 41.9 Å². The highest BCUT2D eigenvalue weighted by molar-refractivity contribution is 9.10. The molecule has 1 aromatic rings. The van der Waals surface area contributed by atoms with Gasteiger partial charge in [-0.25, -0.2) is 4.98 Å². The molecule has 0 amide bonds. The Labute approximate surface area is 149 Å². The zero-order valence-electron chi connectivity index (χ0n) is 13.5. The quantitative estimate of drug-likeness (QED) is 0.598. The lowest BCUT2D eigenvalue weighted by atomic mass is 9.89. The highest BCUT2D eigenvalue weighted by Crippen LogP contribution is 2.29. The number of nitrogens with one attached hydrogen (secondary N) is 1. The smallest absolute Gasteiger partial charge is 0.312 e. The van der Waals surface area contributed by atoms with E-state index in [9.17, 15) is 15.2 Å². The Morgan fingerprint density at radius 2 is 2.00 bits per heavy atom. The van der Waals surface area contributed by atoms with E-state index in [0.717, 1.165) is 45.2 Å². The second-order valence-electron chi connectivity index (χ2n) is 6.65. The van der Waals surface area contributed by atoms with Gasteiger partial charge in [0.2, 0.25) is 5.82 Å². The van der Waals surface area contributed by atoms with E-state index < -0.39 is 4.92 Å². The lowest BCUT2D eigenvalue weighted by molar-refractivity contribution is -0.384. The molecular weight excluding hydrogens is 376 g/mol. The predicted molar refractivity (Wildman–Crippen MR) is 95.1 cm³/mol. The van der Waals surface area contributed by atoms with Crippen molar-refractivity contribution in [2.45, 2.75) is 56.7 Å². The number of anilines is 1. The second-order valence-corrected chi connectivity index (χ2v) is 7.57. The summed E-state index contributed by atoms with van der Waals surface area (Å²) in [5.41, 5.74) is -0.00509. The molecule has 1 saturated heterocycles. The minimum atomic E-state index is -0.409. The first-order valence-corrected chi connectivity index (χ1v) is 9.32. The van der Waals surface area contributed by atoms with E-state index in [0.29, 0.717) is 10.3 Å². The summed E-state index contributed by atoms with van der Waals surface area (Å²) in [5, 5.41) is 24.6. The molecule has 1 aliphatic carbocycles. The summed E-state index contributed by atoms with van der Waals surface area (Å²) in [6.45, 7) is 1.81. The summed E-state index contributed by atoms with van der Waals surface area (Å²) >= 11 is 3.22. The third-order valence-electron chi connectivity index (χ3n) is 5.06. The molecule has 2 N–H and O–H groups in total. The predicted octanol–water partition coefficient (Wildman–Crippen LogP) is 2.93. The molecule has 132 valence electrons. The van der Waals surface area contributed by atoms with E-state index in [2.05, 4.69) is 31.1 Å². The van der Waals surface area contributed by atoms with Crippen LogP contribution in [0.4, 0.5) is 11.5 Å². The number of hydrogen-bond donors (Lipinski definition) is 2. The molecule has 2 unspecified atom stereocenters. The van der Waals surface area contributed by atoms with Gasteiger partial charge in [0.25, 0.3) is 0 Å². The molecule has 2 aliphatic rings. The summed E-state index contributed by atoms with van der Waals surface area (Å²) < 4.78 is 0.598. The van der Waals surface area contributed by atoms with Gasteiger partial charge >= 0.3 is 5.69 Å². The Bertz CT molecular complexity index is 593. The molecule has 0 aromatic carbocycles. The summed E-state index contributed by atoms with van der Waals surface area (Å²) in [6, 6.07) is 1.93. The van der Waals surface area contributed by atoms with Crippen LogP contribution in [0.15, 0.2) is 16.7 Å². The molecule has 0 bridgehead atoms. The second kappa shape index (κ2) is 7.76. The maximum absolute atomic E-state index is 11.2. The van der Waals surface area contributed by atoms with Gasteiger partial charge in [-0.3, -0.25) is 15.0 Å². The van der Waals surface area contributed by atoms with Crippen LogP contribution in [0.2, 0.25) is 0 Å². The van der Waals surface area contributed by atoms with Crippen LogP contribution < -0.4 is 5.32 Å². The third-order valence-corrected chi connectivity index (χ3v) is 5.50. The van der Waals surface area contributed by atoms with Crippen LogP contribution in [-0.4, -0.2) is 51.2 Å². The van der Waals surface area contributed by atoms with Gasteiger partial charge < -0.3 is 10.4 Å². The number of hydrogen-bond acceptors (Lipinski definition) is 6. The molecule has 2 heterocycles. The summed E-state index contributed by atoms with van der Waals surface area (Å²) in [5.74, 6) is 0.333. The van der Waals surface area contributed by atoms with E-state index in [-0.39, 0.29) is 23.9 Å². The highest BCUT2D eigenvalue weighted by Gasteiger charge is 2.32. The minimum Gasteiger partial charge on any atom is -0.391 e. The molecule has 0 spiro atoms. The van der Waals surface area contributed by atoms with E-state index in [1.807, 2.05) is 0 Å². The molecule has 1 saturated carbocycles. The maximum Gasteiger partial charge on any atom is 0.312 e. The van der Waals surface area contributed by atoms with Gasteiger partial charge in [0.1, 0.15) is 0 Å². The summed E-state index contributed by atoms with van der Waals surface area (Å²) in [4.78, 5) is 17.3. The Morgan fingerprint density at radius 1 is 1.29 bits per heavy atom. The van der Waals surface area contributed by atoms with Gasteiger partial charge in [0.15, 0.2) is 0 Å². The molecule has 1 aliphatic heterocycles. The molecule has 7 nitrogen and oxygen atoms in total. The summed E-state index contributed by atoms with van der Waals surface area (Å²) in [6.07, 6.45) is 7.44. The van der Waals surface area contributed by atoms with Crippen molar-refractivity contribution >= 4 is 27.4 Å². The molecule has 8 heteroatoms. The Morgan fingerprint density at radius 3 is 2.67 bits per heavy atom. The standard InChI is InChI=1S/C16H23BrN4O3/c17-11-9-14(21(23)24)16(18-10-11)19-12-5-7-20(8-6-12)13-3-1-2-4-15(13)22/h9-10,12-13,15,22H,1-8H2,(H,18,19). The van der Waals surface area contributed by atoms with Gasteiger partial charge in [-0.05, 0) is 41.6 Å². The number of halogens is 1. The molecule has 2 atom stereocenters. The fourth-order valence-electron chi connectivity index (χ4n) is 3.77. The van der Waals surface area contributed by atoms with Crippen molar-refractivity contribution in [1.82, 2.24) is 9.88 Å². The SMILES string of the molecule is O=[N+]([O-])c1cc(Br)cnc1NC1CCN(C2CCCCC2O)CC1. The van der Waals surface area contributed by atoms with Gasteiger partial charge in [-0.1, -0.05) is 12.8 Å². The zero-order chi connectivity index (χ0) is 17.1. The number of nitro groups is 1.